The highest BCUT2D eigenvalue weighted by Gasteiger charge is 2.17. The summed E-state index contributed by atoms with van der Waals surface area (Å²) in [5.74, 6) is -0.284. The van der Waals surface area contributed by atoms with Crippen LogP contribution in [0, 0.1) is 17.1 Å². The van der Waals surface area contributed by atoms with Crippen LogP contribution in [0.25, 0.3) is 0 Å². The summed E-state index contributed by atoms with van der Waals surface area (Å²) < 4.78 is 13.2. The van der Waals surface area contributed by atoms with Gasteiger partial charge in [-0.3, -0.25) is 0 Å². The molecular weight excluding hydrogens is 205 g/mol. The van der Waals surface area contributed by atoms with Gasteiger partial charge in [0, 0.05) is 26.2 Å². The fraction of sp³-hybridized carbons (Fsp3) is 0.417. The van der Waals surface area contributed by atoms with Gasteiger partial charge in [0.1, 0.15) is 11.9 Å². The van der Waals surface area contributed by atoms with Gasteiger partial charge in [-0.05, 0) is 25.2 Å². The van der Waals surface area contributed by atoms with Crippen LogP contribution in [-0.2, 0) is 0 Å². The molecule has 0 spiro atoms. The SMILES string of the molecule is CN1CCN(c2cc(F)ccc2C#N)CC1. The Hall–Kier alpha value is -1.60. The normalized spacial score (nSPS) is 17.2. The van der Waals surface area contributed by atoms with Crippen molar-refractivity contribution in [3.63, 3.8) is 0 Å². The van der Waals surface area contributed by atoms with Gasteiger partial charge in [0.2, 0.25) is 0 Å². The van der Waals surface area contributed by atoms with E-state index in [1.807, 2.05) is 0 Å². The molecule has 1 fully saturated rings. The molecule has 0 aromatic heterocycles. The fourth-order valence-electron chi connectivity index (χ4n) is 1.91. The quantitative estimate of drug-likeness (QED) is 0.716. The van der Waals surface area contributed by atoms with E-state index < -0.39 is 0 Å². The average molecular weight is 219 g/mol. The summed E-state index contributed by atoms with van der Waals surface area (Å²) >= 11 is 0. The lowest BCUT2D eigenvalue weighted by Gasteiger charge is -2.34. The van der Waals surface area contributed by atoms with Crippen LogP contribution in [0.15, 0.2) is 18.2 Å². The zero-order valence-corrected chi connectivity index (χ0v) is 9.28. The number of nitriles is 1. The average Bonchev–Trinajstić information content (AvgIpc) is 2.30. The Morgan fingerprint density at radius 1 is 1.25 bits per heavy atom. The summed E-state index contributed by atoms with van der Waals surface area (Å²) in [6.07, 6.45) is 0. The molecule has 0 unspecified atom stereocenters. The van der Waals surface area contributed by atoms with E-state index >= 15 is 0 Å². The first-order chi connectivity index (χ1) is 7.70. The maximum absolute atomic E-state index is 13.2. The Kier molecular flexibility index (Phi) is 3.07. The van der Waals surface area contributed by atoms with Gasteiger partial charge in [0.15, 0.2) is 0 Å². The summed E-state index contributed by atoms with van der Waals surface area (Å²) in [6.45, 7) is 3.58. The van der Waals surface area contributed by atoms with Crippen LogP contribution >= 0.6 is 0 Å². The molecule has 3 nitrogen and oxygen atoms in total. The molecule has 1 aliphatic heterocycles. The molecule has 0 N–H and O–H groups in total. The second-order valence-electron chi connectivity index (χ2n) is 4.06. The predicted molar refractivity (Wildman–Crippen MR) is 60.8 cm³/mol. The summed E-state index contributed by atoms with van der Waals surface area (Å²) in [6, 6.07) is 6.43. The highest BCUT2D eigenvalue weighted by molar-refractivity contribution is 5.59. The topological polar surface area (TPSA) is 30.3 Å². The van der Waals surface area contributed by atoms with Crippen LogP contribution in [0.2, 0.25) is 0 Å². The Morgan fingerprint density at radius 3 is 2.56 bits per heavy atom. The molecule has 16 heavy (non-hydrogen) atoms. The molecule has 1 heterocycles. The molecule has 0 radical (unpaired) electrons. The summed E-state index contributed by atoms with van der Waals surface area (Å²) in [4.78, 5) is 4.30. The van der Waals surface area contributed by atoms with Gasteiger partial charge >= 0.3 is 0 Å². The van der Waals surface area contributed by atoms with E-state index in [1.165, 1.54) is 12.1 Å². The number of hydrogen-bond donors (Lipinski definition) is 0. The summed E-state index contributed by atoms with van der Waals surface area (Å²) in [5, 5.41) is 8.98. The Morgan fingerprint density at radius 2 is 1.94 bits per heavy atom. The van der Waals surface area contributed by atoms with Gasteiger partial charge in [-0.2, -0.15) is 5.26 Å². The van der Waals surface area contributed by atoms with Gasteiger partial charge in [0.05, 0.1) is 11.3 Å². The second kappa shape index (κ2) is 4.50. The van der Waals surface area contributed by atoms with Crippen molar-refractivity contribution in [3.05, 3.63) is 29.6 Å². The van der Waals surface area contributed by atoms with Gasteiger partial charge < -0.3 is 9.80 Å². The summed E-state index contributed by atoms with van der Waals surface area (Å²) in [5.41, 5.74) is 1.27. The number of likely N-dealkylation sites (N-methyl/N-ethyl adjacent to an activating group) is 1. The lowest BCUT2D eigenvalue weighted by Crippen LogP contribution is -2.44. The first-order valence-corrected chi connectivity index (χ1v) is 5.34. The van der Waals surface area contributed by atoms with Crippen LogP contribution in [0.5, 0.6) is 0 Å². The minimum Gasteiger partial charge on any atom is -0.368 e. The first-order valence-electron chi connectivity index (χ1n) is 5.34. The van der Waals surface area contributed by atoms with Gasteiger partial charge in [-0.1, -0.05) is 0 Å². The summed E-state index contributed by atoms with van der Waals surface area (Å²) in [7, 11) is 2.06. The van der Waals surface area contributed by atoms with Crippen molar-refractivity contribution in [1.29, 1.82) is 5.26 Å². The third kappa shape index (κ3) is 2.15. The zero-order chi connectivity index (χ0) is 11.5. The third-order valence-electron chi connectivity index (χ3n) is 2.92. The number of nitrogens with zero attached hydrogens (tertiary/aromatic N) is 3. The number of hydrogen-bond acceptors (Lipinski definition) is 3. The van der Waals surface area contributed by atoms with E-state index in [1.54, 1.807) is 6.07 Å². The standard InChI is InChI=1S/C12H14FN3/c1-15-4-6-16(7-5-15)12-8-11(13)3-2-10(12)9-14/h2-3,8H,4-7H2,1H3. The molecule has 1 aliphatic rings. The zero-order valence-electron chi connectivity index (χ0n) is 9.28. The van der Waals surface area contributed by atoms with Crippen molar-refractivity contribution in [2.45, 2.75) is 0 Å². The fourth-order valence-corrected chi connectivity index (χ4v) is 1.91. The van der Waals surface area contributed by atoms with E-state index in [2.05, 4.69) is 22.9 Å². The van der Waals surface area contributed by atoms with Crippen LogP contribution in [-0.4, -0.2) is 38.1 Å². The minimum atomic E-state index is -0.284. The van der Waals surface area contributed by atoms with E-state index in [-0.39, 0.29) is 5.82 Å². The number of halogens is 1. The first kappa shape index (κ1) is 10.9. The van der Waals surface area contributed by atoms with Crippen molar-refractivity contribution < 1.29 is 4.39 Å². The molecule has 1 aromatic rings. The molecule has 2 rings (SSSR count). The number of rotatable bonds is 1. The van der Waals surface area contributed by atoms with Gasteiger partial charge in [-0.15, -0.1) is 0 Å². The molecular formula is C12H14FN3. The second-order valence-corrected chi connectivity index (χ2v) is 4.06. The molecule has 0 atom stereocenters. The van der Waals surface area contributed by atoms with Crippen molar-refractivity contribution in [2.75, 3.05) is 38.1 Å². The van der Waals surface area contributed by atoms with E-state index in [0.29, 0.717) is 5.56 Å². The van der Waals surface area contributed by atoms with Gasteiger partial charge in [0.25, 0.3) is 0 Å². The molecule has 4 heteroatoms. The van der Waals surface area contributed by atoms with Crippen molar-refractivity contribution in [3.8, 4) is 6.07 Å². The number of benzene rings is 1. The van der Waals surface area contributed by atoms with E-state index in [4.69, 9.17) is 5.26 Å². The van der Waals surface area contributed by atoms with Crippen molar-refractivity contribution in [1.82, 2.24) is 4.90 Å². The van der Waals surface area contributed by atoms with Crippen molar-refractivity contribution >= 4 is 5.69 Å². The maximum atomic E-state index is 13.2. The van der Waals surface area contributed by atoms with Crippen LogP contribution in [0.1, 0.15) is 5.56 Å². The predicted octanol–water partition coefficient (Wildman–Crippen LogP) is 1.45. The molecule has 0 amide bonds. The number of piperazine rings is 1. The molecule has 0 bridgehead atoms. The largest absolute Gasteiger partial charge is 0.368 e. The minimum absolute atomic E-state index is 0.284. The van der Waals surface area contributed by atoms with Crippen molar-refractivity contribution in [2.24, 2.45) is 0 Å². The highest BCUT2D eigenvalue weighted by Crippen LogP contribution is 2.22. The maximum Gasteiger partial charge on any atom is 0.125 e. The van der Waals surface area contributed by atoms with Gasteiger partial charge in [-0.25, -0.2) is 4.39 Å². The highest BCUT2D eigenvalue weighted by atomic mass is 19.1. The Labute approximate surface area is 94.7 Å². The monoisotopic (exact) mass is 219 g/mol. The van der Waals surface area contributed by atoms with Crippen LogP contribution < -0.4 is 4.90 Å². The Balaban J connectivity index is 2.26. The smallest absolute Gasteiger partial charge is 0.125 e. The lowest BCUT2D eigenvalue weighted by atomic mass is 10.1. The van der Waals surface area contributed by atoms with Crippen LogP contribution in [0.3, 0.4) is 0 Å². The Bertz CT molecular complexity index is 417. The molecule has 0 saturated carbocycles. The van der Waals surface area contributed by atoms with E-state index in [0.717, 1.165) is 31.9 Å². The lowest BCUT2D eigenvalue weighted by molar-refractivity contribution is 0.312. The molecule has 0 aliphatic carbocycles. The van der Waals surface area contributed by atoms with Crippen LogP contribution in [0.4, 0.5) is 10.1 Å². The molecule has 1 aromatic carbocycles. The third-order valence-corrected chi connectivity index (χ3v) is 2.92. The molecule has 84 valence electrons. The molecule has 1 saturated heterocycles. The van der Waals surface area contributed by atoms with E-state index in [9.17, 15) is 4.39 Å². The number of anilines is 1.